The summed E-state index contributed by atoms with van der Waals surface area (Å²) in [5.74, 6) is 1.24. The molecular formula is C7H12O2S. The summed E-state index contributed by atoms with van der Waals surface area (Å²) in [5, 5.41) is 8.21. The number of carbonyl (C=O) groups is 1. The summed E-state index contributed by atoms with van der Waals surface area (Å²) in [6, 6.07) is 0. The van der Waals surface area contributed by atoms with Crippen molar-refractivity contribution >= 4 is 17.7 Å². The minimum absolute atomic E-state index is 0.143. The maximum absolute atomic E-state index is 9.97. The molecule has 0 unspecified atom stereocenters. The molecular weight excluding hydrogens is 148 g/mol. The molecule has 0 spiro atoms. The molecule has 0 aromatic carbocycles. The van der Waals surface area contributed by atoms with Crippen molar-refractivity contribution in [3.63, 3.8) is 0 Å². The van der Waals surface area contributed by atoms with Gasteiger partial charge in [0.15, 0.2) is 0 Å². The van der Waals surface area contributed by atoms with Gasteiger partial charge in [-0.1, -0.05) is 19.1 Å². The maximum atomic E-state index is 9.97. The molecule has 0 heterocycles. The zero-order valence-electron chi connectivity index (χ0n) is 6.04. The summed E-state index contributed by atoms with van der Waals surface area (Å²) >= 11 is 1.78. The van der Waals surface area contributed by atoms with Gasteiger partial charge in [0, 0.05) is 5.75 Å². The Morgan fingerprint density at radius 2 is 2.30 bits per heavy atom. The average Bonchev–Trinajstić information content (AvgIpc) is 1.87. The highest BCUT2D eigenvalue weighted by molar-refractivity contribution is 7.99. The van der Waals surface area contributed by atoms with Gasteiger partial charge in [-0.3, -0.25) is 4.79 Å². The molecule has 0 saturated heterocycles. The van der Waals surface area contributed by atoms with Gasteiger partial charge in [0.1, 0.15) is 0 Å². The molecule has 0 aliphatic carbocycles. The molecule has 2 nitrogen and oxygen atoms in total. The van der Waals surface area contributed by atoms with E-state index in [2.05, 4.69) is 6.92 Å². The van der Waals surface area contributed by atoms with E-state index in [4.69, 9.17) is 5.11 Å². The normalized spacial score (nSPS) is 10.5. The van der Waals surface area contributed by atoms with Gasteiger partial charge in [-0.05, 0) is 5.75 Å². The van der Waals surface area contributed by atoms with Crippen LogP contribution in [0.1, 0.15) is 13.3 Å². The van der Waals surface area contributed by atoms with Gasteiger partial charge in [-0.25, -0.2) is 0 Å². The number of carboxylic acids is 1. The minimum Gasteiger partial charge on any atom is -0.481 e. The molecule has 10 heavy (non-hydrogen) atoms. The van der Waals surface area contributed by atoms with Crippen molar-refractivity contribution in [3.8, 4) is 0 Å². The quantitative estimate of drug-likeness (QED) is 0.492. The Balaban J connectivity index is 3.12. The molecule has 0 aromatic rings. The number of rotatable bonds is 5. The van der Waals surface area contributed by atoms with Crippen LogP contribution in [-0.4, -0.2) is 22.6 Å². The van der Waals surface area contributed by atoms with E-state index in [-0.39, 0.29) is 6.42 Å². The molecule has 0 rings (SSSR count). The van der Waals surface area contributed by atoms with E-state index in [0.29, 0.717) is 0 Å². The Morgan fingerprint density at radius 1 is 1.60 bits per heavy atom. The van der Waals surface area contributed by atoms with Crippen LogP contribution in [0.15, 0.2) is 12.2 Å². The van der Waals surface area contributed by atoms with Gasteiger partial charge < -0.3 is 5.11 Å². The molecule has 0 radical (unpaired) electrons. The van der Waals surface area contributed by atoms with Gasteiger partial charge in [-0.2, -0.15) is 11.8 Å². The summed E-state index contributed by atoms with van der Waals surface area (Å²) in [6.45, 7) is 2.08. The maximum Gasteiger partial charge on any atom is 0.307 e. The van der Waals surface area contributed by atoms with E-state index in [1.807, 2.05) is 6.08 Å². The Hall–Kier alpha value is -0.440. The molecule has 0 atom stereocenters. The van der Waals surface area contributed by atoms with Crippen molar-refractivity contribution < 1.29 is 9.90 Å². The molecule has 3 heteroatoms. The molecule has 0 bridgehead atoms. The zero-order valence-corrected chi connectivity index (χ0v) is 6.86. The molecule has 0 fully saturated rings. The van der Waals surface area contributed by atoms with Crippen molar-refractivity contribution in [2.24, 2.45) is 0 Å². The predicted octanol–water partition coefficient (Wildman–Crippen LogP) is 1.77. The average molecular weight is 160 g/mol. The fourth-order valence-corrected chi connectivity index (χ4v) is 0.946. The zero-order chi connectivity index (χ0) is 7.82. The number of thioether (sulfide) groups is 1. The van der Waals surface area contributed by atoms with Crippen LogP contribution >= 0.6 is 11.8 Å². The van der Waals surface area contributed by atoms with Crippen LogP contribution in [-0.2, 0) is 4.79 Å². The van der Waals surface area contributed by atoms with Crippen LogP contribution in [0, 0.1) is 0 Å². The Bertz CT molecular complexity index is 121. The van der Waals surface area contributed by atoms with Crippen molar-refractivity contribution in [2.75, 3.05) is 11.5 Å². The third-order valence-corrected chi connectivity index (χ3v) is 1.71. The van der Waals surface area contributed by atoms with Crippen molar-refractivity contribution in [2.45, 2.75) is 13.3 Å². The number of aliphatic carboxylic acids is 1. The Labute approximate surface area is 65.3 Å². The first-order valence-electron chi connectivity index (χ1n) is 3.22. The topological polar surface area (TPSA) is 37.3 Å². The van der Waals surface area contributed by atoms with Gasteiger partial charge in [0.25, 0.3) is 0 Å². The lowest BCUT2D eigenvalue weighted by Crippen LogP contribution is -1.89. The van der Waals surface area contributed by atoms with E-state index in [1.165, 1.54) is 0 Å². The van der Waals surface area contributed by atoms with Crippen molar-refractivity contribution in [3.05, 3.63) is 12.2 Å². The van der Waals surface area contributed by atoms with Crippen LogP contribution in [0.2, 0.25) is 0 Å². The van der Waals surface area contributed by atoms with Crippen LogP contribution < -0.4 is 0 Å². The summed E-state index contributed by atoms with van der Waals surface area (Å²) in [7, 11) is 0. The molecule has 0 saturated carbocycles. The third kappa shape index (κ3) is 7.56. The van der Waals surface area contributed by atoms with E-state index in [9.17, 15) is 4.79 Å². The lowest BCUT2D eigenvalue weighted by molar-refractivity contribution is -0.136. The second-order valence-corrected chi connectivity index (χ2v) is 3.05. The van der Waals surface area contributed by atoms with Crippen LogP contribution in [0.4, 0.5) is 0 Å². The van der Waals surface area contributed by atoms with Gasteiger partial charge >= 0.3 is 5.97 Å². The molecule has 0 amide bonds. The van der Waals surface area contributed by atoms with Crippen molar-refractivity contribution in [1.82, 2.24) is 0 Å². The largest absolute Gasteiger partial charge is 0.481 e. The van der Waals surface area contributed by atoms with Crippen molar-refractivity contribution in [1.29, 1.82) is 0 Å². The highest BCUT2D eigenvalue weighted by atomic mass is 32.2. The monoisotopic (exact) mass is 160 g/mol. The fraction of sp³-hybridized carbons (Fsp3) is 0.571. The molecule has 0 aromatic heterocycles. The van der Waals surface area contributed by atoms with Gasteiger partial charge in [-0.15, -0.1) is 0 Å². The number of carboxylic acid groups (broad SMARTS) is 1. The van der Waals surface area contributed by atoms with E-state index in [0.717, 1.165) is 11.5 Å². The van der Waals surface area contributed by atoms with E-state index in [1.54, 1.807) is 17.8 Å². The van der Waals surface area contributed by atoms with E-state index >= 15 is 0 Å². The first-order chi connectivity index (χ1) is 4.77. The molecule has 1 N–H and O–H groups in total. The van der Waals surface area contributed by atoms with Crippen LogP contribution in [0.5, 0.6) is 0 Å². The summed E-state index contributed by atoms with van der Waals surface area (Å²) in [4.78, 5) is 9.97. The third-order valence-electron chi connectivity index (χ3n) is 0.877. The van der Waals surface area contributed by atoms with Gasteiger partial charge in [0.2, 0.25) is 0 Å². The SMILES string of the molecule is CCSC/C=C\CC(=O)O. The number of hydrogen-bond donors (Lipinski definition) is 1. The molecule has 0 aliphatic heterocycles. The Kier molecular flexibility index (Phi) is 6.38. The second kappa shape index (κ2) is 6.68. The van der Waals surface area contributed by atoms with Crippen LogP contribution in [0.25, 0.3) is 0 Å². The predicted molar refractivity (Wildman–Crippen MR) is 44.4 cm³/mol. The molecule has 0 aliphatic rings. The number of hydrogen-bond acceptors (Lipinski definition) is 2. The lowest BCUT2D eigenvalue weighted by Gasteiger charge is -1.87. The van der Waals surface area contributed by atoms with Crippen LogP contribution in [0.3, 0.4) is 0 Å². The lowest BCUT2D eigenvalue weighted by atomic mass is 10.4. The first-order valence-corrected chi connectivity index (χ1v) is 4.37. The first kappa shape index (κ1) is 9.56. The highest BCUT2D eigenvalue weighted by Crippen LogP contribution is 1.98. The summed E-state index contributed by atoms with van der Waals surface area (Å²) in [5.41, 5.74) is 0. The Morgan fingerprint density at radius 3 is 2.80 bits per heavy atom. The fourth-order valence-electron chi connectivity index (χ4n) is 0.438. The highest BCUT2D eigenvalue weighted by Gasteiger charge is 1.87. The summed E-state index contributed by atoms with van der Waals surface area (Å²) in [6.07, 6.45) is 3.72. The smallest absolute Gasteiger partial charge is 0.307 e. The minimum atomic E-state index is -0.766. The standard InChI is InChI=1S/C7H12O2S/c1-2-10-6-4-3-5-7(8)9/h3-4H,2,5-6H2,1H3,(H,8,9)/b4-3-. The van der Waals surface area contributed by atoms with E-state index < -0.39 is 5.97 Å². The molecule has 58 valence electrons. The van der Waals surface area contributed by atoms with Gasteiger partial charge in [0.05, 0.1) is 6.42 Å². The second-order valence-electron chi connectivity index (χ2n) is 1.73. The summed E-state index contributed by atoms with van der Waals surface area (Å²) < 4.78 is 0.